The number of rotatable bonds is 3. The Balaban J connectivity index is 1.86. The Kier molecular flexibility index (Phi) is 5.59. The average molecular weight is 336 g/mol. The van der Waals surface area contributed by atoms with E-state index in [4.69, 9.17) is 21.7 Å². The maximum atomic E-state index is 13.3. The molecule has 2 saturated heterocycles. The predicted octanol–water partition coefficient (Wildman–Crippen LogP) is 2.16. The van der Waals surface area contributed by atoms with Crippen molar-refractivity contribution in [3.63, 3.8) is 0 Å². The normalized spacial score (nSPS) is 19.8. The van der Waals surface area contributed by atoms with Crippen LogP contribution in [0, 0.1) is 5.82 Å². The minimum atomic E-state index is -0.239. The summed E-state index contributed by atoms with van der Waals surface area (Å²) < 4.78 is 24.1. The van der Waals surface area contributed by atoms with Crippen LogP contribution in [0.4, 0.5) is 4.39 Å². The van der Waals surface area contributed by atoms with Crippen LogP contribution in [-0.4, -0.2) is 67.4 Å². The van der Waals surface area contributed by atoms with Gasteiger partial charge in [0, 0.05) is 38.0 Å². The lowest BCUT2D eigenvalue weighted by atomic mass is 10.1. The molecule has 0 unspecified atom stereocenters. The third kappa shape index (κ3) is 4.28. The number of hydrogen-bond donors (Lipinski definition) is 0. The lowest BCUT2D eigenvalue weighted by Gasteiger charge is -2.32. The molecule has 3 rings (SSSR count). The van der Waals surface area contributed by atoms with Crippen LogP contribution >= 0.6 is 12.2 Å². The van der Waals surface area contributed by atoms with Crippen LogP contribution in [0.25, 0.3) is 5.57 Å². The fourth-order valence-corrected chi connectivity index (χ4v) is 3.06. The highest BCUT2D eigenvalue weighted by atomic mass is 32.1. The molecule has 2 heterocycles. The SMILES string of the molecule is Fc1ccc(/C(=C\N2CCOCC2)C(=S)N2CCOCC2)cc1. The molecule has 0 radical (unpaired) electrons. The van der Waals surface area contributed by atoms with Crippen molar-refractivity contribution < 1.29 is 13.9 Å². The van der Waals surface area contributed by atoms with Gasteiger partial charge in [0.2, 0.25) is 0 Å². The zero-order chi connectivity index (χ0) is 16.1. The van der Waals surface area contributed by atoms with Crippen LogP contribution < -0.4 is 0 Å². The molecule has 0 aliphatic carbocycles. The summed E-state index contributed by atoms with van der Waals surface area (Å²) in [5.74, 6) is -0.239. The maximum absolute atomic E-state index is 13.3. The number of hydrogen-bond acceptors (Lipinski definition) is 4. The van der Waals surface area contributed by atoms with Crippen molar-refractivity contribution in [3.05, 3.63) is 41.8 Å². The Morgan fingerprint density at radius 2 is 1.52 bits per heavy atom. The van der Waals surface area contributed by atoms with Crippen LogP contribution in [-0.2, 0) is 9.47 Å². The summed E-state index contributed by atoms with van der Waals surface area (Å²) in [4.78, 5) is 5.18. The van der Waals surface area contributed by atoms with Crippen LogP contribution in [0.15, 0.2) is 30.5 Å². The highest BCUT2D eigenvalue weighted by Gasteiger charge is 2.20. The zero-order valence-corrected chi connectivity index (χ0v) is 13.9. The first-order valence-corrected chi connectivity index (χ1v) is 8.31. The number of benzene rings is 1. The Morgan fingerprint density at radius 3 is 2.13 bits per heavy atom. The molecule has 0 N–H and O–H groups in total. The van der Waals surface area contributed by atoms with E-state index in [1.807, 2.05) is 0 Å². The monoisotopic (exact) mass is 336 g/mol. The molecule has 1 aromatic carbocycles. The highest BCUT2D eigenvalue weighted by Crippen LogP contribution is 2.21. The van der Waals surface area contributed by atoms with Crippen molar-refractivity contribution in [2.45, 2.75) is 0 Å². The quantitative estimate of drug-likeness (QED) is 0.622. The van der Waals surface area contributed by atoms with Crippen LogP contribution in [0.5, 0.6) is 0 Å². The maximum Gasteiger partial charge on any atom is 0.123 e. The van der Waals surface area contributed by atoms with E-state index in [0.717, 1.165) is 55.5 Å². The molecule has 1 aromatic rings. The Bertz CT molecular complexity index is 564. The molecule has 0 amide bonds. The first-order chi connectivity index (χ1) is 11.2. The van der Waals surface area contributed by atoms with Gasteiger partial charge in [-0.1, -0.05) is 24.4 Å². The van der Waals surface area contributed by atoms with Gasteiger partial charge in [-0.2, -0.15) is 0 Å². The van der Waals surface area contributed by atoms with E-state index in [-0.39, 0.29) is 5.82 Å². The number of morpholine rings is 2. The van der Waals surface area contributed by atoms with E-state index in [2.05, 4.69) is 16.0 Å². The summed E-state index contributed by atoms with van der Waals surface area (Å²) in [6.45, 7) is 6.09. The van der Waals surface area contributed by atoms with Gasteiger partial charge in [-0.25, -0.2) is 4.39 Å². The molecule has 2 aliphatic rings. The smallest absolute Gasteiger partial charge is 0.123 e. The third-order valence-electron chi connectivity index (χ3n) is 4.04. The van der Waals surface area contributed by atoms with E-state index in [0.29, 0.717) is 13.2 Å². The minimum Gasteiger partial charge on any atom is -0.378 e. The van der Waals surface area contributed by atoms with Gasteiger partial charge in [-0.05, 0) is 17.7 Å². The summed E-state index contributed by atoms with van der Waals surface area (Å²) in [7, 11) is 0. The molecular weight excluding hydrogens is 315 g/mol. The first-order valence-electron chi connectivity index (χ1n) is 7.90. The molecule has 23 heavy (non-hydrogen) atoms. The van der Waals surface area contributed by atoms with Crippen molar-refractivity contribution in [1.29, 1.82) is 0 Å². The van der Waals surface area contributed by atoms with Crippen molar-refractivity contribution in [2.75, 3.05) is 52.6 Å². The third-order valence-corrected chi connectivity index (χ3v) is 4.52. The van der Waals surface area contributed by atoms with E-state index >= 15 is 0 Å². The minimum absolute atomic E-state index is 0.239. The largest absolute Gasteiger partial charge is 0.378 e. The molecule has 2 fully saturated rings. The summed E-state index contributed by atoms with van der Waals surface area (Å²) in [5, 5.41) is 0. The molecule has 2 aliphatic heterocycles. The lowest BCUT2D eigenvalue weighted by molar-refractivity contribution is 0.0595. The Labute approximate surface area is 141 Å². The molecule has 0 atom stereocenters. The fraction of sp³-hybridized carbons (Fsp3) is 0.471. The van der Waals surface area contributed by atoms with Crippen LogP contribution in [0.3, 0.4) is 0 Å². The molecular formula is C17H21FN2O2S. The predicted molar refractivity (Wildman–Crippen MR) is 91.8 cm³/mol. The second-order valence-corrected chi connectivity index (χ2v) is 5.99. The topological polar surface area (TPSA) is 24.9 Å². The van der Waals surface area contributed by atoms with Gasteiger partial charge in [-0.3, -0.25) is 0 Å². The van der Waals surface area contributed by atoms with Gasteiger partial charge < -0.3 is 19.3 Å². The number of ether oxygens (including phenoxy) is 2. The average Bonchev–Trinajstić information content (AvgIpc) is 2.62. The molecule has 0 aromatic heterocycles. The number of nitrogens with zero attached hydrogens (tertiary/aromatic N) is 2. The van der Waals surface area contributed by atoms with E-state index in [9.17, 15) is 4.39 Å². The van der Waals surface area contributed by atoms with Gasteiger partial charge in [-0.15, -0.1) is 0 Å². The van der Waals surface area contributed by atoms with Gasteiger partial charge in [0.1, 0.15) is 10.8 Å². The molecule has 0 bridgehead atoms. The summed E-state index contributed by atoms with van der Waals surface area (Å²) >= 11 is 5.73. The van der Waals surface area contributed by atoms with Crippen LogP contribution in [0.2, 0.25) is 0 Å². The second kappa shape index (κ2) is 7.86. The molecule has 0 spiro atoms. The second-order valence-electron chi connectivity index (χ2n) is 5.60. The molecule has 124 valence electrons. The van der Waals surface area contributed by atoms with Crippen LogP contribution in [0.1, 0.15) is 5.56 Å². The first kappa shape index (κ1) is 16.4. The lowest BCUT2D eigenvalue weighted by Crippen LogP contribution is -2.41. The summed E-state index contributed by atoms with van der Waals surface area (Å²) in [6.07, 6.45) is 2.09. The summed E-state index contributed by atoms with van der Waals surface area (Å²) in [6, 6.07) is 6.53. The van der Waals surface area contributed by atoms with Crippen molar-refractivity contribution in [2.24, 2.45) is 0 Å². The van der Waals surface area contributed by atoms with Gasteiger partial charge in [0.25, 0.3) is 0 Å². The molecule has 0 saturated carbocycles. The molecule has 4 nitrogen and oxygen atoms in total. The van der Waals surface area contributed by atoms with Crippen molar-refractivity contribution >= 4 is 22.8 Å². The number of thiocarbonyl (C=S) groups is 1. The van der Waals surface area contributed by atoms with Gasteiger partial charge >= 0.3 is 0 Å². The van der Waals surface area contributed by atoms with Crippen molar-refractivity contribution in [3.8, 4) is 0 Å². The van der Waals surface area contributed by atoms with E-state index in [1.54, 1.807) is 12.1 Å². The van der Waals surface area contributed by atoms with Gasteiger partial charge in [0.05, 0.1) is 26.4 Å². The van der Waals surface area contributed by atoms with E-state index in [1.165, 1.54) is 12.1 Å². The standard InChI is InChI=1S/C17H21FN2O2S/c18-15-3-1-14(2-4-15)16(13-19-5-9-21-10-6-19)17(23)20-7-11-22-12-8-20/h1-4,13H,5-12H2/b16-13+. The highest BCUT2D eigenvalue weighted by molar-refractivity contribution is 7.81. The van der Waals surface area contributed by atoms with Gasteiger partial charge in [0.15, 0.2) is 0 Å². The number of halogens is 1. The Hall–Kier alpha value is -1.50. The Morgan fingerprint density at radius 1 is 0.957 bits per heavy atom. The molecule has 6 heteroatoms. The zero-order valence-electron chi connectivity index (χ0n) is 13.0. The summed E-state index contributed by atoms with van der Waals surface area (Å²) in [5.41, 5.74) is 1.90. The van der Waals surface area contributed by atoms with E-state index < -0.39 is 0 Å². The fourth-order valence-electron chi connectivity index (χ4n) is 2.71. The van der Waals surface area contributed by atoms with Crippen molar-refractivity contribution in [1.82, 2.24) is 9.80 Å².